The molecule has 3 N–H and O–H groups in total. The lowest BCUT2D eigenvalue weighted by Gasteiger charge is -2.32. The molecule has 1 aromatic heterocycles. The average Bonchev–Trinajstić information content (AvgIpc) is 4.07. The molecule has 8 rings (SSSR count). The molecular formula is C41H52N6O9S. The number of aryl methyl sites for hydroxylation is 1. The maximum absolute atomic E-state index is 14.8. The molecule has 1 aromatic carbocycles. The number of hydrogen-bond donors (Lipinski definition) is 3. The number of nitrogens with one attached hydrogen (secondary N) is 3. The Balaban J connectivity index is 1.15. The van der Waals surface area contributed by atoms with Gasteiger partial charge in [0.1, 0.15) is 29.3 Å². The number of sulfonamides is 1. The molecule has 16 heteroatoms. The number of hydrogen-bond acceptors (Lipinski definition) is 10. The fraction of sp³-hybridized carbons (Fsp3) is 0.610. The third kappa shape index (κ3) is 7.33. The van der Waals surface area contributed by atoms with Crippen LogP contribution in [0.2, 0.25) is 0 Å². The third-order valence-corrected chi connectivity index (χ3v) is 15.5. The summed E-state index contributed by atoms with van der Waals surface area (Å²) in [5.41, 5.74) is -1.22. The molecule has 2 bridgehead atoms. The summed E-state index contributed by atoms with van der Waals surface area (Å²) in [5, 5.41) is 6.13. The zero-order valence-electron chi connectivity index (χ0n) is 32.8. The first-order valence-corrected chi connectivity index (χ1v) is 21.7. The number of fused-ring (bicyclic) bond motifs is 5. The second-order valence-electron chi connectivity index (χ2n) is 17.5. The van der Waals surface area contributed by atoms with E-state index in [0.29, 0.717) is 49.4 Å². The van der Waals surface area contributed by atoms with Gasteiger partial charge in [0.25, 0.3) is 17.5 Å². The topological polar surface area (TPSA) is 195 Å². The number of nitrogens with zero attached hydrogens (tertiary/aromatic N) is 3. The molecule has 7 atom stereocenters. The lowest BCUT2D eigenvalue weighted by Crippen LogP contribution is -2.59. The number of carbonyl (C=O) groups is 4. The number of rotatable bonds is 7. The predicted octanol–water partition coefficient (Wildman–Crippen LogP) is 3.53. The van der Waals surface area contributed by atoms with E-state index >= 15 is 0 Å². The normalized spacial score (nSPS) is 32.4. The summed E-state index contributed by atoms with van der Waals surface area (Å²) in [7, 11) is -4.02. The first-order valence-electron chi connectivity index (χ1n) is 20.2. The maximum Gasteiger partial charge on any atom is 0.408 e. The highest BCUT2D eigenvalue weighted by Gasteiger charge is 2.63. The lowest BCUT2D eigenvalue weighted by atomic mass is 9.96. The van der Waals surface area contributed by atoms with E-state index in [4.69, 9.17) is 14.5 Å². The highest BCUT2D eigenvalue weighted by Crippen LogP contribution is 2.50. The fourth-order valence-corrected chi connectivity index (χ4v) is 10.3. The number of amides is 4. The Kier molecular flexibility index (Phi) is 9.79. The Bertz CT molecular complexity index is 2230. The van der Waals surface area contributed by atoms with Gasteiger partial charge in [-0.2, -0.15) is 4.98 Å². The SMILES string of the molecule is C=C[C@@H]1C[C@]1(NC(=O)C1CC2CN1C(=O)C(C1CCCC1)NC(=O)OC1(C)CC1CCC=CCn1c(nc3cc(C)ccc3c1=O)O2)C(=O)NS(=O)(=O)C1(C)CC1. The van der Waals surface area contributed by atoms with Gasteiger partial charge in [-0.1, -0.05) is 37.1 Å². The first-order chi connectivity index (χ1) is 27.1. The molecule has 5 fully saturated rings. The van der Waals surface area contributed by atoms with E-state index in [-0.39, 0.29) is 49.3 Å². The number of alkyl carbamates (subject to hydrolysis) is 1. The van der Waals surface area contributed by atoms with Crippen molar-refractivity contribution in [1.29, 1.82) is 0 Å². The summed E-state index contributed by atoms with van der Waals surface area (Å²) in [6.07, 6.45) is 10.0. The quantitative estimate of drug-likeness (QED) is 0.349. The van der Waals surface area contributed by atoms with Crippen molar-refractivity contribution in [1.82, 2.24) is 29.8 Å². The number of allylic oxidation sites excluding steroid dienone is 2. The maximum atomic E-state index is 14.8. The zero-order valence-corrected chi connectivity index (χ0v) is 33.6. The highest BCUT2D eigenvalue weighted by molar-refractivity contribution is 7.91. The Hall–Kier alpha value is -4.73. The molecule has 3 heterocycles. The van der Waals surface area contributed by atoms with Crippen LogP contribution in [0.4, 0.5) is 4.79 Å². The fourth-order valence-electron chi connectivity index (χ4n) is 8.98. The smallest absolute Gasteiger partial charge is 0.408 e. The van der Waals surface area contributed by atoms with Crippen LogP contribution in [0.1, 0.15) is 90.0 Å². The first kappa shape index (κ1) is 39.1. The summed E-state index contributed by atoms with van der Waals surface area (Å²) in [6.45, 7) is 9.23. The third-order valence-electron chi connectivity index (χ3n) is 13.3. The van der Waals surface area contributed by atoms with Crippen LogP contribution in [0, 0.1) is 24.7 Å². The van der Waals surface area contributed by atoms with Gasteiger partial charge in [0.05, 0.1) is 22.2 Å². The predicted molar refractivity (Wildman–Crippen MR) is 209 cm³/mol. The second kappa shape index (κ2) is 14.3. The Morgan fingerprint density at radius 1 is 1.07 bits per heavy atom. The van der Waals surface area contributed by atoms with Gasteiger partial charge in [-0.05, 0) is 95.8 Å². The standard InChI is InChI=1S/C41H52N6O9S/c1-5-26-22-41(26,36(51)45-57(53,54)39(3)16-17-39)44-33(48)31-20-28-23-47(31)35(50)32(25-11-8-9-12-25)43-38(52)56-40(4)21-27(40)13-7-6-10-18-46-34(49)29-15-14-24(2)19-30(29)42-37(46)55-28/h5-6,10,14-15,19,25-28,31-32H,1,7-9,11-13,16-18,20-23H2,2-4H3,(H,43,52)(H,44,48)(H,45,51)/t26-,27?,28?,31?,32?,40?,41-/m1/s1. The van der Waals surface area contributed by atoms with Gasteiger partial charge in [-0.15, -0.1) is 6.58 Å². The van der Waals surface area contributed by atoms with Crippen molar-refractivity contribution >= 4 is 44.7 Å². The van der Waals surface area contributed by atoms with E-state index in [0.717, 1.165) is 24.8 Å². The van der Waals surface area contributed by atoms with E-state index in [1.165, 1.54) is 15.5 Å². The Labute approximate surface area is 332 Å². The molecule has 6 aliphatic rings. The summed E-state index contributed by atoms with van der Waals surface area (Å²) >= 11 is 0. The van der Waals surface area contributed by atoms with E-state index < -0.39 is 73.8 Å². The number of benzene rings is 1. The van der Waals surface area contributed by atoms with Crippen LogP contribution in [-0.4, -0.2) is 87.3 Å². The Morgan fingerprint density at radius 3 is 2.53 bits per heavy atom. The van der Waals surface area contributed by atoms with Gasteiger partial charge in [-0.25, -0.2) is 13.2 Å². The van der Waals surface area contributed by atoms with Gasteiger partial charge in [-0.3, -0.25) is 28.5 Å². The van der Waals surface area contributed by atoms with E-state index in [1.54, 1.807) is 19.1 Å². The molecule has 4 saturated carbocycles. The van der Waals surface area contributed by atoms with Crippen molar-refractivity contribution < 1.29 is 37.1 Å². The summed E-state index contributed by atoms with van der Waals surface area (Å²) in [6, 6.07) is 3.23. The summed E-state index contributed by atoms with van der Waals surface area (Å²) in [5.74, 6) is -2.67. The van der Waals surface area contributed by atoms with Gasteiger partial charge < -0.3 is 25.0 Å². The minimum atomic E-state index is -4.02. The van der Waals surface area contributed by atoms with Crippen molar-refractivity contribution in [2.24, 2.45) is 17.8 Å². The summed E-state index contributed by atoms with van der Waals surface area (Å²) in [4.78, 5) is 76.7. The van der Waals surface area contributed by atoms with Crippen LogP contribution in [0.15, 0.2) is 47.8 Å². The van der Waals surface area contributed by atoms with E-state index in [2.05, 4.69) is 21.9 Å². The molecule has 4 amide bonds. The van der Waals surface area contributed by atoms with Crippen molar-refractivity contribution in [2.75, 3.05) is 6.54 Å². The van der Waals surface area contributed by atoms with Crippen LogP contribution in [0.3, 0.4) is 0 Å². The van der Waals surface area contributed by atoms with Crippen molar-refractivity contribution in [3.8, 4) is 6.01 Å². The molecule has 0 radical (unpaired) electrons. The second-order valence-corrected chi connectivity index (χ2v) is 19.7. The summed E-state index contributed by atoms with van der Waals surface area (Å²) < 4.78 is 41.2. The molecule has 1 saturated heterocycles. The molecule has 5 unspecified atom stereocenters. The molecular weight excluding hydrogens is 753 g/mol. The van der Waals surface area contributed by atoms with Gasteiger partial charge in [0.15, 0.2) is 0 Å². The number of carbonyl (C=O) groups excluding carboxylic acids is 4. The molecule has 2 aliphatic heterocycles. The van der Waals surface area contributed by atoms with Crippen molar-refractivity contribution in [3.05, 3.63) is 58.9 Å². The number of aromatic nitrogens is 2. The van der Waals surface area contributed by atoms with Crippen molar-refractivity contribution in [3.63, 3.8) is 0 Å². The molecule has 4 aliphatic carbocycles. The molecule has 57 heavy (non-hydrogen) atoms. The molecule has 0 spiro atoms. The molecule has 2 aromatic rings. The monoisotopic (exact) mass is 804 g/mol. The minimum Gasteiger partial charge on any atom is -0.459 e. The highest BCUT2D eigenvalue weighted by atomic mass is 32.2. The van der Waals surface area contributed by atoms with E-state index in [1.807, 2.05) is 32.1 Å². The largest absolute Gasteiger partial charge is 0.459 e. The average molecular weight is 805 g/mol. The van der Waals surface area contributed by atoms with E-state index in [9.17, 15) is 32.4 Å². The van der Waals surface area contributed by atoms with Gasteiger partial charge in [0, 0.05) is 24.8 Å². The number of ether oxygens (including phenoxy) is 2. The minimum absolute atomic E-state index is 0.0367. The van der Waals surface area contributed by atoms with Gasteiger partial charge in [0.2, 0.25) is 21.8 Å². The lowest BCUT2D eigenvalue weighted by molar-refractivity contribution is -0.142. The van der Waals surface area contributed by atoms with Crippen LogP contribution < -0.4 is 25.7 Å². The molecule has 15 nitrogen and oxygen atoms in total. The zero-order chi connectivity index (χ0) is 40.5. The van der Waals surface area contributed by atoms with Crippen molar-refractivity contribution in [2.45, 2.75) is 132 Å². The van der Waals surface area contributed by atoms with Gasteiger partial charge >= 0.3 is 6.09 Å². The van der Waals surface area contributed by atoms with Crippen LogP contribution in [0.25, 0.3) is 10.9 Å². The van der Waals surface area contributed by atoms with Crippen LogP contribution in [-0.2, 0) is 35.7 Å². The van der Waals surface area contributed by atoms with Crippen LogP contribution in [0.5, 0.6) is 6.01 Å². The van der Waals surface area contributed by atoms with Crippen LogP contribution >= 0.6 is 0 Å². The Morgan fingerprint density at radius 2 is 1.82 bits per heavy atom. The molecule has 306 valence electrons.